The molecular formula is C15H15N. The van der Waals surface area contributed by atoms with Crippen LogP contribution in [-0.2, 0) is 12.8 Å². The maximum absolute atomic E-state index is 5.51. The van der Waals surface area contributed by atoms with Gasteiger partial charge in [-0.2, -0.15) is 0 Å². The molecular weight excluding hydrogens is 194 g/mol. The van der Waals surface area contributed by atoms with E-state index in [0.717, 1.165) is 0 Å². The molecule has 1 heteroatoms. The molecule has 1 aliphatic carbocycles. The molecule has 0 heterocycles. The van der Waals surface area contributed by atoms with Crippen LogP contribution >= 0.6 is 0 Å². The van der Waals surface area contributed by atoms with E-state index in [9.17, 15) is 0 Å². The van der Waals surface area contributed by atoms with E-state index in [4.69, 9.17) is 5.73 Å². The largest absolute Gasteiger partial charge is 0.327 e. The van der Waals surface area contributed by atoms with Crippen molar-refractivity contribution in [3.8, 4) is 0 Å². The topological polar surface area (TPSA) is 26.0 Å². The van der Waals surface area contributed by atoms with Gasteiger partial charge >= 0.3 is 0 Å². The zero-order valence-corrected chi connectivity index (χ0v) is 9.24. The van der Waals surface area contributed by atoms with Gasteiger partial charge in [-0.15, -0.1) is 0 Å². The smallest absolute Gasteiger partial charge is 0.0110 e. The van der Waals surface area contributed by atoms with Crippen LogP contribution in [0.15, 0.2) is 36.4 Å². The van der Waals surface area contributed by atoms with Crippen molar-refractivity contribution in [2.24, 2.45) is 5.73 Å². The van der Waals surface area contributed by atoms with Gasteiger partial charge in [0.25, 0.3) is 0 Å². The standard InChI is InChI=1S/C15H15N/c16-10-2-4-11-6-7-13-9-8-12-3-1-5-14(11)15(12)13/h1-7H,8-10,16H2. The lowest BCUT2D eigenvalue weighted by Crippen LogP contribution is -1.92. The van der Waals surface area contributed by atoms with Crippen LogP contribution in [-0.4, -0.2) is 6.54 Å². The summed E-state index contributed by atoms with van der Waals surface area (Å²) in [6.07, 6.45) is 6.52. The van der Waals surface area contributed by atoms with E-state index >= 15 is 0 Å². The summed E-state index contributed by atoms with van der Waals surface area (Å²) in [4.78, 5) is 0. The summed E-state index contributed by atoms with van der Waals surface area (Å²) in [5.41, 5.74) is 9.78. The summed E-state index contributed by atoms with van der Waals surface area (Å²) in [5, 5.41) is 2.85. The highest BCUT2D eigenvalue weighted by Crippen LogP contribution is 2.33. The number of hydrogen-bond acceptors (Lipinski definition) is 1. The SMILES string of the molecule is NCC=Cc1ccc2c3c(cccc13)CC2. The lowest BCUT2D eigenvalue weighted by Gasteiger charge is -2.05. The number of rotatable bonds is 2. The molecule has 1 aliphatic rings. The van der Waals surface area contributed by atoms with Crippen LogP contribution in [0, 0.1) is 0 Å². The van der Waals surface area contributed by atoms with E-state index in [-0.39, 0.29) is 0 Å². The Hall–Kier alpha value is -1.60. The molecule has 0 saturated carbocycles. The molecule has 3 rings (SSSR count). The van der Waals surface area contributed by atoms with Gasteiger partial charge in [0.1, 0.15) is 0 Å². The Morgan fingerprint density at radius 1 is 1.06 bits per heavy atom. The van der Waals surface area contributed by atoms with Gasteiger partial charge in [-0.05, 0) is 40.3 Å². The van der Waals surface area contributed by atoms with E-state index in [1.165, 1.54) is 40.3 Å². The predicted molar refractivity (Wildman–Crippen MR) is 69.4 cm³/mol. The quantitative estimate of drug-likeness (QED) is 0.808. The van der Waals surface area contributed by atoms with Crippen LogP contribution in [0.4, 0.5) is 0 Å². The second kappa shape index (κ2) is 3.76. The summed E-state index contributed by atoms with van der Waals surface area (Å²) in [5.74, 6) is 0. The fourth-order valence-corrected chi connectivity index (χ4v) is 2.61. The molecule has 2 aromatic rings. The van der Waals surface area contributed by atoms with Gasteiger partial charge in [0, 0.05) is 6.54 Å². The normalized spacial score (nSPS) is 14.1. The third-order valence-electron chi connectivity index (χ3n) is 3.34. The zero-order chi connectivity index (χ0) is 11.0. The molecule has 2 N–H and O–H groups in total. The second-order valence-corrected chi connectivity index (χ2v) is 4.29. The monoisotopic (exact) mass is 209 g/mol. The van der Waals surface area contributed by atoms with E-state index in [1.807, 2.05) is 6.08 Å². The number of hydrogen-bond donors (Lipinski definition) is 1. The Morgan fingerprint density at radius 3 is 2.69 bits per heavy atom. The molecule has 2 aromatic carbocycles. The van der Waals surface area contributed by atoms with E-state index in [1.54, 1.807) is 0 Å². The molecule has 0 radical (unpaired) electrons. The van der Waals surface area contributed by atoms with E-state index < -0.39 is 0 Å². The lowest BCUT2D eigenvalue weighted by molar-refractivity contribution is 1.02. The van der Waals surface area contributed by atoms with Crippen LogP contribution < -0.4 is 5.73 Å². The summed E-state index contributed by atoms with van der Waals surface area (Å²) in [7, 11) is 0. The molecule has 16 heavy (non-hydrogen) atoms. The first-order chi connectivity index (χ1) is 7.90. The maximum atomic E-state index is 5.51. The Labute approximate surface area is 95.6 Å². The molecule has 0 spiro atoms. The number of aryl methyl sites for hydroxylation is 2. The predicted octanol–water partition coefficient (Wildman–Crippen LogP) is 2.91. The summed E-state index contributed by atoms with van der Waals surface area (Å²) in [6, 6.07) is 11.1. The second-order valence-electron chi connectivity index (χ2n) is 4.29. The molecule has 0 aromatic heterocycles. The number of nitrogens with two attached hydrogens (primary N) is 1. The van der Waals surface area contributed by atoms with Crippen molar-refractivity contribution in [3.05, 3.63) is 53.1 Å². The van der Waals surface area contributed by atoms with E-state index in [0.29, 0.717) is 6.54 Å². The highest BCUT2D eigenvalue weighted by atomic mass is 14.5. The van der Waals surface area contributed by atoms with Crippen LogP contribution in [0.3, 0.4) is 0 Å². The van der Waals surface area contributed by atoms with Gasteiger partial charge in [-0.25, -0.2) is 0 Å². The number of benzene rings is 2. The van der Waals surface area contributed by atoms with Gasteiger partial charge in [0.15, 0.2) is 0 Å². The molecule has 0 amide bonds. The lowest BCUT2D eigenvalue weighted by atomic mass is 10.00. The zero-order valence-electron chi connectivity index (χ0n) is 9.24. The summed E-state index contributed by atoms with van der Waals surface area (Å²) < 4.78 is 0. The Balaban J connectivity index is 2.29. The maximum Gasteiger partial charge on any atom is 0.0110 e. The van der Waals surface area contributed by atoms with Gasteiger partial charge in [0.2, 0.25) is 0 Å². The highest BCUT2D eigenvalue weighted by Gasteiger charge is 2.14. The third kappa shape index (κ3) is 1.36. The van der Waals surface area contributed by atoms with Gasteiger partial charge in [0.05, 0.1) is 0 Å². The molecule has 0 unspecified atom stereocenters. The van der Waals surface area contributed by atoms with Crippen molar-refractivity contribution in [2.45, 2.75) is 12.8 Å². The van der Waals surface area contributed by atoms with Gasteiger partial charge in [-0.1, -0.05) is 42.5 Å². The van der Waals surface area contributed by atoms with Gasteiger partial charge in [-0.3, -0.25) is 0 Å². The van der Waals surface area contributed by atoms with Crippen LogP contribution in [0.2, 0.25) is 0 Å². The first-order valence-corrected chi connectivity index (χ1v) is 5.80. The molecule has 80 valence electrons. The van der Waals surface area contributed by atoms with Crippen LogP contribution in [0.1, 0.15) is 16.7 Å². The Kier molecular flexibility index (Phi) is 2.26. The molecule has 0 bridgehead atoms. The molecule has 0 fully saturated rings. The fourth-order valence-electron chi connectivity index (χ4n) is 2.61. The van der Waals surface area contributed by atoms with Crippen molar-refractivity contribution in [1.82, 2.24) is 0 Å². The summed E-state index contributed by atoms with van der Waals surface area (Å²) >= 11 is 0. The van der Waals surface area contributed by atoms with Crippen LogP contribution in [0.25, 0.3) is 16.8 Å². The molecule has 0 saturated heterocycles. The van der Waals surface area contributed by atoms with Crippen molar-refractivity contribution in [1.29, 1.82) is 0 Å². The summed E-state index contributed by atoms with van der Waals surface area (Å²) in [6.45, 7) is 0.600. The van der Waals surface area contributed by atoms with E-state index in [2.05, 4.69) is 36.4 Å². The van der Waals surface area contributed by atoms with Gasteiger partial charge < -0.3 is 5.73 Å². The first kappa shape index (κ1) is 9.61. The van der Waals surface area contributed by atoms with Crippen molar-refractivity contribution < 1.29 is 0 Å². The molecule has 1 nitrogen and oxygen atoms in total. The van der Waals surface area contributed by atoms with Crippen molar-refractivity contribution >= 4 is 16.8 Å². The van der Waals surface area contributed by atoms with Crippen molar-refractivity contribution in [2.75, 3.05) is 6.54 Å². The molecule has 0 aliphatic heterocycles. The average molecular weight is 209 g/mol. The minimum absolute atomic E-state index is 0.600. The fraction of sp³-hybridized carbons (Fsp3) is 0.200. The minimum Gasteiger partial charge on any atom is -0.327 e. The minimum atomic E-state index is 0.600. The Bertz CT molecular complexity index is 557. The van der Waals surface area contributed by atoms with Crippen molar-refractivity contribution in [3.63, 3.8) is 0 Å². The average Bonchev–Trinajstić information content (AvgIpc) is 2.74. The Morgan fingerprint density at radius 2 is 1.88 bits per heavy atom. The van der Waals surface area contributed by atoms with Crippen LogP contribution in [0.5, 0.6) is 0 Å². The highest BCUT2D eigenvalue weighted by molar-refractivity contribution is 5.96. The molecule has 0 atom stereocenters. The first-order valence-electron chi connectivity index (χ1n) is 5.80. The third-order valence-corrected chi connectivity index (χ3v) is 3.34.